The Morgan fingerprint density at radius 1 is 1.14 bits per heavy atom. The summed E-state index contributed by atoms with van der Waals surface area (Å²) in [6.45, 7) is 3.66. The van der Waals surface area contributed by atoms with E-state index in [0.717, 1.165) is 48.5 Å². The molecule has 1 aromatic carbocycles. The summed E-state index contributed by atoms with van der Waals surface area (Å²) in [5.74, 6) is 1.69. The zero-order valence-electron chi connectivity index (χ0n) is 16.3. The first-order chi connectivity index (χ1) is 13.7. The molecule has 1 fully saturated rings. The summed E-state index contributed by atoms with van der Waals surface area (Å²) in [7, 11) is 0. The third kappa shape index (κ3) is 3.87. The van der Waals surface area contributed by atoms with E-state index in [-0.39, 0.29) is 12.0 Å². The van der Waals surface area contributed by atoms with Crippen LogP contribution in [0.2, 0.25) is 0 Å². The first-order valence-electron chi connectivity index (χ1n) is 9.63. The van der Waals surface area contributed by atoms with Crippen LogP contribution in [0.5, 0.6) is 5.75 Å². The topological polar surface area (TPSA) is 46.8 Å². The Bertz CT molecular complexity index is 960. The fraction of sp³-hybridized carbons (Fsp3) is 0.364. The number of rotatable bonds is 5. The Balaban J connectivity index is 1.40. The Labute approximate surface area is 169 Å². The first-order valence-corrected chi connectivity index (χ1v) is 11.0. The van der Waals surface area contributed by atoms with Crippen molar-refractivity contribution in [2.75, 3.05) is 25.1 Å². The van der Waals surface area contributed by atoms with Crippen molar-refractivity contribution in [1.82, 2.24) is 14.5 Å². The van der Waals surface area contributed by atoms with Gasteiger partial charge in [0, 0.05) is 43.4 Å². The number of aryl methyl sites for hydroxylation is 1. The van der Waals surface area contributed by atoms with Gasteiger partial charge in [-0.05, 0) is 43.0 Å². The lowest BCUT2D eigenvalue weighted by Gasteiger charge is -2.32. The molecule has 6 heteroatoms. The monoisotopic (exact) mass is 395 g/mol. The summed E-state index contributed by atoms with van der Waals surface area (Å²) < 4.78 is 8.13. The third-order valence-electron chi connectivity index (χ3n) is 5.33. The van der Waals surface area contributed by atoms with E-state index < -0.39 is 0 Å². The first kappa shape index (κ1) is 18.9. The van der Waals surface area contributed by atoms with Gasteiger partial charge in [0.15, 0.2) is 0 Å². The van der Waals surface area contributed by atoms with Crippen molar-refractivity contribution >= 4 is 23.2 Å². The normalized spacial score (nSPS) is 15.1. The van der Waals surface area contributed by atoms with Gasteiger partial charge in [0.05, 0.1) is 11.3 Å². The standard InChI is InChI=1S/C22H25N3O2S/c1-16-21(8-5-18-9-12-23-25(16)18)17-3-6-19(7-4-17)27-20-10-13-24(14-11-20)22(26)15-28-2/h3-9,12,20H,10-11,13-15H2,1-2H3. The van der Waals surface area contributed by atoms with Crippen LogP contribution in [0.25, 0.3) is 16.6 Å². The molecule has 0 bridgehead atoms. The van der Waals surface area contributed by atoms with Gasteiger partial charge in [-0.25, -0.2) is 4.52 Å². The molecule has 0 spiro atoms. The molecule has 0 aliphatic carbocycles. The predicted octanol–water partition coefficient (Wildman–Crippen LogP) is 4.04. The molecule has 0 unspecified atom stereocenters. The number of carbonyl (C=O) groups is 1. The second-order valence-corrected chi connectivity index (χ2v) is 8.02. The average molecular weight is 396 g/mol. The fourth-order valence-electron chi connectivity index (χ4n) is 3.77. The fourth-order valence-corrected chi connectivity index (χ4v) is 4.20. The smallest absolute Gasteiger partial charge is 0.232 e. The number of piperidine rings is 1. The van der Waals surface area contributed by atoms with Gasteiger partial charge in [0.1, 0.15) is 11.9 Å². The van der Waals surface area contributed by atoms with E-state index in [2.05, 4.69) is 36.3 Å². The maximum absolute atomic E-state index is 12.0. The molecule has 4 rings (SSSR count). The zero-order chi connectivity index (χ0) is 19.5. The van der Waals surface area contributed by atoms with Crippen molar-refractivity contribution in [3.05, 3.63) is 54.4 Å². The molecule has 0 N–H and O–H groups in total. The molecule has 2 aromatic heterocycles. The lowest BCUT2D eigenvalue weighted by Crippen LogP contribution is -2.42. The summed E-state index contributed by atoms with van der Waals surface area (Å²) in [4.78, 5) is 13.9. The second-order valence-electron chi connectivity index (χ2n) is 7.16. The predicted molar refractivity (Wildman–Crippen MR) is 114 cm³/mol. The Morgan fingerprint density at radius 2 is 1.89 bits per heavy atom. The number of aromatic nitrogens is 2. The summed E-state index contributed by atoms with van der Waals surface area (Å²) in [5, 5.41) is 4.39. The van der Waals surface area contributed by atoms with Gasteiger partial charge in [-0.3, -0.25) is 4.79 Å². The number of nitrogens with zero attached hydrogens (tertiary/aromatic N) is 3. The maximum Gasteiger partial charge on any atom is 0.232 e. The van der Waals surface area contributed by atoms with E-state index in [1.807, 2.05) is 40.1 Å². The molecule has 0 radical (unpaired) electrons. The molecule has 1 amide bonds. The van der Waals surface area contributed by atoms with Gasteiger partial charge >= 0.3 is 0 Å². The molecule has 5 nitrogen and oxygen atoms in total. The quantitative estimate of drug-likeness (QED) is 0.654. The van der Waals surface area contributed by atoms with Crippen molar-refractivity contribution in [3.8, 4) is 16.9 Å². The number of hydrogen-bond donors (Lipinski definition) is 0. The minimum absolute atomic E-state index is 0.173. The van der Waals surface area contributed by atoms with E-state index in [4.69, 9.17) is 4.74 Å². The molecule has 0 atom stereocenters. The van der Waals surface area contributed by atoms with Gasteiger partial charge in [-0.15, -0.1) is 0 Å². The van der Waals surface area contributed by atoms with Crippen LogP contribution < -0.4 is 4.74 Å². The minimum Gasteiger partial charge on any atom is -0.490 e. The molecule has 1 saturated heterocycles. The van der Waals surface area contributed by atoms with Crippen LogP contribution in [0.3, 0.4) is 0 Å². The SMILES string of the molecule is CSCC(=O)N1CCC(Oc2ccc(-c3ccc4ccnn4c3C)cc2)CC1. The van der Waals surface area contributed by atoms with Crippen LogP contribution in [0.1, 0.15) is 18.5 Å². The van der Waals surface area contributed by atoms with Gasteiger partial charge < -0.3 is 9.64 Å². The molecule has 146 valence electrons. The van der Waals surface area contributed by atoms with E-state index in [1.165, 1.54) is 5.56 Å². The zero-order valence-corrected chi connectivity index (χ0v) is 17.1. The van der Waals surface area contributed by atoms with Crippen LogP contribution in [0.4, 0.5) is 0 Å². The Morgan fingerprint density at radius 3 is 2.61 bits per heavy atom. The maximum atomic E-state index is 12.0. The number of likely N-dealkylation sites (tertiary alicyclic amines) is 1. The molecule has 28 heavy (non-hydrogen) atoms. The van der Waals surface area contributed by atoms with E-state index >= 15 is 0 Å². The lowest BCUT2D eigenvalue weighted by molar-refractivity contribution is -0.130. The number of carbonyl (C=O) groups excluding carboxylic acids is 1. The summed E-state index contributed by atoms with van der Waals surface area (Å²) in [6.07, 6.45) is 5.73. The summed E-state index contributed by atoms with van der Waals surface area (Å²) in [5.41, 5.74) is 4.55. The molecular formula is C22H25N3O2S. The van der Waals surface area contributed by atoms with Gasteiger partial charge in [0.2, 0.25) is 5.91 Å². The number of fused-ring (bicyclic) bond motifs is 1. The summed E-state index contributed by atoms with van der Waals surface area (Å²) >= 11 is 1.58. The Kier molecular flexibility index (Phi) is 5.57. The minimum atomic E-state index is 0.173. The number of ether oxygens (including phenoxy) is 1. The number of hydrogen-bond acceptors (Lipinski definition) is 4. The number of benzene rings is 1. The molecule has 1 aliphatic rings. The highest BCUT2D eigenvalue weighted by atomic mass is 32.2. The molecule has 3 aromatic rings. The van der Waals surface area contributed by atoms with Gasteiger partial charge in [-0.2, -0.15) is 16.9 Å². The van der Waals surface area contributed by atoms with Crippen molar-refractivity contribution in [1.29, 1.82) is 0 Å². The van der Waals surface area contributed by atoms with E-state index in [1.54, 1.807) is 11.8 Å². The van der Waals surface area contributed by atoms with Crippen LogP contribution in [0, 0.1) is 6.92 Å². The van der Waals surface area contributed by atoms with Crippen LogP contribution in [0.15, 0.2) is 48.7 Å². The lowest BCUT2D eigenvalue weighted by atomic mass is 10.0. The van der Waals surface area contributed by atoms with Crippen molar-refractivity contribution in [2.24, 2.45) is 0 Å². The number of amides is 1. The van der Waals surface area contributed by atoms with Crippen LogP contribution in [-0.4, -0.2) is 51.6 Å². The van der Waals surface area contributed by atoms with Gasteiger partial charge in [0.25, 0.3) is 0 Å². The molecule has 3 heterocycles. The molecular weight excluding hydrogens is 370 g/mol. The van der Waals surface area contributed by atoms with Gasteiger partial charge in [-0.1, -0.05) is 18.2 Å². The van der Waals surface area contributed by atoms with Crippen molar-refractivity contribution in [3.63, 3.8) is 0 Å². The highest BCUT2D eigenvalue weighted by molar-refractivity contribution is 7.99. The van der Waals surface area contributed by atoms with Crippen LogP contribution >= 0.6 is 11.8 Å². The second kappa shape index (κ2) is 8.27. The van der Waals surface area contributed by atoms with E-state index in [9.17, 15) is 4.79 Å². The number of pyridine rings is 1. The van der Waals surface area contributed by atoms with Crippen molar-refractivity contribution < 1.29 is 9.53 Å². The van der Waals surface area contributed by atoms with Crippen molar-refractivity contribution in [2.45, 2.75) is 25.9 Å². The highest BCUT2D eigenvalue weighted by Crippen LogP contribution is 2.27. The molecule has 0 saturated carbocycles. The number of thioether (sulfide) groups is 1. The largest absolute Gasteiger partial charge is 0.490 e. The van der Waals surface area contributed by atoms with E-state index in [0.29, 0.717) is 5.75 Å². The third-order valence-corrected chi connectivity index (χ3v) is 5.87. The Hall–Kier alpha value is -2.47. The highest BCUT2D eigenvalue weighted by Gasteiger charge is 2.23. The average Bonchev–Trinajstić information content (AvgIpc) is 3.20. The molecule has 1 aliphatic heterocycles. The van der Waals surface area contributed by atoms with Crippen LogP contribution in [-0.2, 0) is 4.79 Å². The summed E-state index contributed by atoms with van der Waals surface area (Å²) in [6, 6.07) is 14.5.